The molecule has 0 radical (unpaired) electrons. The summed E-state index contributed by atoms with van der Waals surface area (Å²) in [5, 5.41) is 18.4. The highest BCUT2D eigenvalue weighted by Crippen LogP contribution is 2.21. The van der Waals surface area contributed by atoms with Crippen molar-refractivity contribution in [1.29, 1.82) is 0 Å². The standard InChI is InChI=1S/C6H11NO3/c1-4-2-3-7(10)5(4)6(8)9/h4-5,10H,2-3H2,1H3,(H,8,9)/t4?,5-/m0/s1. The van der Waals surface area contributed by atoms with Crippen molar-refractivity contribution in [2.45, 2.75) is 19.4 Å². The molecular weight excluding hydrogens is 134 g/mol. The van der Waals surface area contributed by atoms with Gasteiger partial charge in [-0.2, -0.15) is 5.06 Å². The van der Waals surface area contributed by atoms with Crippen molar-refractivity contribution in [2.24, 2.45) is 5.92 Å². The van der Waals surface area contributed by atoms with Crippen LogP contribution < -0.4 is 0 Å². The Balaban J connectivity index is 2.63. The number of hydroxylamine groups is 2. The lowest BCUT2D eigenvalue weighted by Crippen LogP contribution is -2.36. The molecule has 0 aromatic rings. The van der Waals surface area contributed by atoms with E-state index in [4.69, 9.17) is 10.3 Å². The Morgan fingerprint density at radius 3 is 2.50 bits per heavy atom. The van der Waals surface area contributed by atoms with Crippen LogP contribution >= 0.6 is 0 Å². The van der Waals surface area contributed by atoms with E-state index in [1.807, 2.05) is 6.92 Å². The summed E-state index contributed by atoms with van der Waals surface area (Å²) < 4.78 is 0. The minimum Gasteiger partial charge on any atom is -0.480 e. The average Bonchev–Trinajstić information content (AvgIpc) is 2.11. The van der Waals surface area contributed by atoms with Gasteiger partial charge in [0.15, 0.2) is 0 Å². The zero-order chi connectivity index (χ0) is 7.72. The third-order valence-electron chi connectivity index (χ3n) is 1.93. The molecule has 1 aliphatic rings. The van der Waals surface area contributed by atoms with Crippen LogP contribution in [0.25, 0.3) is 0 Å². The van der Waals surface area contributed by atoms with E-state index in [9.17, 15) is 4.79 Å². The van der Waals surface area contributed by atoms with Crippen LogP contribution in [-0.2, 0) is 4.79 Å². The summed E-state index contributed by atoms with van der Waals surface area (Å²) in [7, 11) is 0. The van der Waals surface area contributed by atoms with Gasteiger partial charge in [0.25, 0.3) is 0 Å². The monoisotopic (exact) mass is 145 g/mol. The Morgan fingerprint density at radius 1 is 1.70 bits per heavy atom. The molecule has 0 amide bonds. The van der Waals surface area contributed by atoms with Crippen molar-refractivity contribution < 1.29 is 15.1 Å². The van der Waals surface area contributed by atoms with Crippen molar-refractivity contribution in [2.75, 3.05) is 6.54 Å². The second kappa shape index (κ2) is 2.56. The zero-order valence-corrected chi connectivity index (χ0v) is 5.82. The van der Waals surface area contributed by atoms with E-state index in [1.54, 1.807) is 0 Å². The maximum Gasteiger partial charge on any atom is 0.323 e. The molecule has 2 atom stereocenters. The number of carbonyl (C=O) groups is 1. The van der Waals surface area contributed by atoms with E-state index in [2.05, 4.69) is 0 Å². The van der Waals surface area contributed by atoms with Crippen LogP contribution in [0.3, 0.4) is 0 Å². The molecule has 2 N–H and O–H groups in total. The first kappa shape index (κ1) is 7.50. The van der Waals surface area contributed by atoms with Gasteiger partial charge >= 0.3 is 5.97 Å². The number of carboxylic acids is 1. The molecule has 1 unspecified atom stereocenters. The molecule has 1 rings (SSSR count). The first-order valence-electron chi connectivity index (χ1n) is 3.31. The van der Waals surface area contributed by atoms with Gasteiger partial charge in [-0.1, -0.05) is 6.92 Å². The number of hydrogen-bond acceptors (Lipinski definition) is 3. The molecule has 1 heterocycles. The highest BCUT2D eigenvalue weighted by molar-refractivity contribution is 5.74. The third-order valence-corrected chi connectivity index (χ3v) is 1.93. The van der Waals surface area contributed by atoms with E-state index >= 15 is 0 Å². The molecule has 0 aliphatic carbocycles. The highest BCUT2D eigenvalue weighted by Gasteiger charge is 2.35. The Kier molecular flexibility index (Phi) is 1.92. The summed E-state index contributed by atoms with van der Waals surface area (Å²) in [6, 6.07) is -0.694. The van der Waals surface area contributed by atoms with Crippen molar-refractivity contribution in [3.63, 3.8) is 0 Å². The topological polar surface area (TPSA) is 60.8 Å². The fourth-order valence-electron chi connectivity index (χ4n) is 1.30. The summed E-state index contributed by atoms with van der Waals surface area (Å²) in [4.78, 5) is 10.4. The summed E-state index contributed by atoms with van der Waals surface area (Å²) >= 11 is 0. The highest BCUT2D eigenvalue weighted by atomic mass is 16.5. The van der Waals surface area contributed by atoms with Crippen LogP contribution in [0.1, 0.15) is 13.3 Å². The molecular formula is C6H11NO3. The third kappa shape index (κ3) is 1.12. The lowest BCUT2D eigenvalue weighted by Gasteiger charge is -2.15. The van der Waals surface area contributed by atoms with Crippen LogP contribution in [0.15, 0.2) is 0 Å². The van der Waals surface area contributed by atoms with Crippen LogP contribution in [0, 0.1) is 5.92 Å². The maximum atomic E-state index is 10.4. The molecule has 1 fully saturated rings. The normalized spacial score (nSPS) is 34.6. The van der Waals surface area contributed by atoms with Crippen LogP contribution in [0.2, 0.25) is 0 Å². The van der Waals surface area contributed by atoms with Gasteiger partial charge in [-0.15, -0.1) is 0 Å². The quantitative estimate of drug-likeness (QED) is 0.552. The predicted octanol–water partition coefficient (Wildman–Crippen LogP) is 0.171. The first-order valence-corrected chi connectivity index (χ1v) is 3.31. The molecule has 58 valence electrons. The van der Waals surface area contributed by atoms with Crippen LogP contribution in [0.4, 0.5) is 0 Å². The predicted molar refractivity (Wildman–Crippen MR) is 33.7 cm³/mol. The van der Waals surface area contributed by atoms with Gasteiger partial charge in [-0.3, -0.25) is 4.79 Å². The summed E-state index contributed by atoms with van der Waals surface area (Å²) in [5.41, 5.74) is 0. The van der Waals surface area contributed by atoms with Crippen LogP contribution in [-0.4, -0.2) is 33.9 Å². The van der Waals surface area contributed by atoms with E-state index in [-0.39, 0.29) is 5.92 Å². The fraction of sp³-hybridized carbons (Fsp3) is 0.833. The lowest BCUT2D eigenvalue weighted by atomic mass is 10.0. The summed E-state index contributed by atoms with van der Waals surface area (Å²) in [6.07, 6.45) is 0.757. The van der Waals surface area contributed by atoms with E-state index in [0.717, 1.165) is 11.5 Å². The van der Waals surface area contributed by atoms with Crippen molar-refractivity contribution in [3.05, 3.63) is 0 Å². The largest absolute Gasteiger partial charge is 0.480 e. The minimum atomic E-state index is -0.937. The molecule has 1 saturated heterocycles. The van der Waals surface area contributed by atoms with Gasteiger partial charge in [0, 0.05) is 6.54 Å². The Hall–Kier alpha value is -0.610. The van der Waals surface area contributed by atoms with E-state index in [0.29, 0.717) is 6.54 Å². The van der Waals surface area contributed by atoms with Gasteiger partial charge in [0.1, 0.15) is 6.04 Å². The summed E-state index contributed by atoms with van der Waals surface area (Å²) in [6.45, 7) is 2.30. The van der Waals surface area contributed by atoms with Crippen molar-refractivity contribution in [1.82, 2.24) is 5.06 Å². The Bertz CT molecular complexity index is 138. The lowest BCUT2D eigenvalue weighted by molar-refractivity contribution is -0.163. The summed E-state index contributed by atoms with van der Waals surface area (Å²) in [5.74, 6) is -0.880. The van der Waals surface area contributed by atoms with Crippen LogP contribution in [0.5, 0.6) is 0 Å². The van der Waals surface area contributed by atoms with E-state index < -0.39 is 12.0 Å². The fourth-order valence-corrected chi connectivity index (χ4v) is 1.30. The maximum absolute atomic E-state index is 10.4. The van der Waals surface area contributed by atoms with E-state index in [1.165, 1.54) is 0 Å². The Morgan fingerprint density at radius 2 is 2.30 bits per heavy atom. The number of aliphatic carboxylic acids is 1. The molecule has 4 heteroatoms. The molecule has 0 saturated carbocycles. The minimum absolute atomic E-state index is 0.0579. The smallest absolute Gasteiger partial charge is 0.323 e. The number of carboxylic acid groups (broad SMARTS) is 1. The second-order valence-corrected chi connectivity index (χ2v) is 2.71. The molecule has 0 aromatic heterocycles. The second-order valence-electron chi connectivity index (χ2n) is 2.71. The molecule has 0 aromatic carbocycles. The molecule has 0 spiro atoms. The SMILES string of the molecule is CC1CCN(O)[C@@H]1C(=O)O. The van der Waals surface area contributed by atoms with Gasteiger partial charge < -0.3 is 10.3 Å². The number of rotatable bonds is 1. The molecule has 0 bridgehead atoms. The van der Waals surface area contributed by atoms with Crippen molar-refractivity contribution >= 4 is 5.97 Å². The number of hydrogen-bond donors (Lipinski definition) is 2. The average molecular weight is 145 g/mol. The number of nitrogens with zero attached hydrogens (tertiary/aromatic N) is 1. The Labute approximate surface area is 59.0 Å². The van der Waals surface area contributed by atoms with Gasteiger partial charge in [-0.05, 0) is 12.3 Å². The van der Waals surface area contributed by atoms with Gasteiger partial charge in [-0.25, -0.2) is 0 Å². The van der Waals surface area contributed by atoms with Gasteiger partial charge in [0.05, 0.1) is 0 Å². The van der Waals surface area contributed by atoms with Gasteiger partial charge in [0.2, 0.25) is 0 Å². The van der Waals surface area contributed by atoms with Crippen molar-refractivity contribution in [3.8, 4) is 0 Å². The first-order chi connectivity index (χ1) is 4.63. The molecule has 10 heavy (non-hydrogen) atoms. The zero-order valence-electron chi connectivity index (χ0n) is 5.82. The molecule has 1 aliphatic heterocycles. The molecule has 4 nitrogen and oxygen atoms in total.